The van der Waals surface area contributed by atoms with E-state index in [-0.39, 0.29) is 31.1 Å². The molecule has 9 nitrogen and oxygen atoms in total. The van der Waals surface area contributed by atoms with Crippen LogP contribution in [0, 0.1) is 0 Å². The van der Waals surface area contributed by atoms with Crippen LogP contribution < -0.4 is 5.32 Å². The SMILES string of the molecule is CCCCNC(=O)N(CCC[Si](OC)(OC)OC)CCC(=O)OCC1CCCO1. The molecule has 10 heteroatoms. The van der Waals surface area contributed by atoms with Gasteiger partial charge in [-0.1, -0.05) is 13.3 Å². The van der Waals surface area contributed by atoms with Gasteiger partial charge < -0.3 is 33.0 Å². The zero-order valence-corrected chi connectivity index (χ0v) is 19.4. The van der Waals surface area contributed by atoms with E-state index in [0.29, 0.717) is 32.1 Å². The van der Waals surface area contributed by atoms with Gasteiger partial charge in [-0.2, -0.15) is 0 Å². The summed E-state index contributed by atoms with van der Waals surface area (Å²) in [6, 6.07) is 0.406. The summed E-state index contributed by atoms with van der Waals surface area (Å²) in [4.78, 5) is 26.2. The molecule has 2 amide bonds. The number of hydrogen-bond acceptors (Lipinski definition) is 7. The minimum atomic E-state index is -2.69. The molecular formula is C19H38N2O7Si. The van der Waals surface area contributed by atoms with Crippen LogP contribution in [0.5, 0.6) is 0 Å². The van der Waals surface area contributed by atoms with Gasteiger partial charge in [0.2, 0.25) is 0 Å². The standard InChI is InChI=1S/C19H38N2O7Si/c1-5-6-11-20-19(23)21(12-8-15-29(24-2,25-3)26-4)13-10-18(22)28-16-17-9-7-14-27-17/h17H,5-16H2,1-4H3,(H,20,23). The van der Waals surface area contributed by atoms with Gasteiger partial charge in [-0.3, -0.25) is 4.79 Å². The summed E-state index contributed by atoms with van der Waals surface area (Å²) in [7, 11) is 2.02. The zero-order chi connectivity index (χ0) is 21.5. The van der Waals surface area contributed by atoms with Crippen molar-refractivity contribution in [3.05, 3.63) is 0 Å². The Morgan fingerprint density at radius 3 is 2.45 bits per heavy atom. The Hall–Kier alpha value is -1.20. The van der Waals surface area contributed by atoms with Crippen LogP contribution in [0.15, 0.2) is 0 Å². The molecule has 0 aromatic heterocycles. The maximum absolute atomic E-state index is 12.5. The van der Waals surface area contributed by atoms with E-state index in [4.69, 9.17) is 22.8 Å². The summed E-state index contributed by atoms with van der Waals surface area (Å²) in [5.74, 6) is -0.318. The molecule has 29 heavy (non-hydrogen) atoms. The molecule has 1 heterocycles. The maximum Gasteiger partial charge on any atom is 0.500 e. The van der Waals surface area contributed by atoms with Gasteiger partial charge in [0, 0.05) is 53.6 Å². The summed E-state index contributed by atoms with van der Waals surface area (Å²) in [5.41, 5.74) is 0. The molecule has 1 aliphatic heterocycles. The third-order valence-corrected chi connectivity index (χ3v) is 7.81. The van der Waals surface area contributed by atoms with Crippen molar-refractivity contribution >= 4 is 20.8 Å². The van der Waals surface area contributed by atoms with Crippen LogP contribution in [0.25, 0.3) is 0 Å². The number of carbonyl (C=O) groups excluding carboxylic acids is 2. The highest BCUT2D eigenvalue weighted by Gasteiger charge is 2.37. The van der Waals surface area contributed by atoms with E-state index >= 15 is 0 Å². The number of amides is 2. The molecule has 1 fully saturated rings. The quantitative estimate of drug-likeness (QED) is 0.240. The van der Waals surface area contributed by atoms with Crippen molar-refractivity contribution in [1.82, 2.24) is 10.2 Å². The largest absolute Gasteiger partial charge is 0.500 e. The molecule has 1 saturated heterocycles. The fourth-order valence-corrected chi connectivity index (χ4v) is 4.80. The monoisotopic (exact) mass is 434 g/mol. The van der Waals surface area contributed by atoms with Gasteiger partial charge in [0.05, 0.1) is 12.5 Å². The molecule has 0 saturated carbocycles. The Balaban J connectivity index is 2.48. The van der Waals surface area contributed by atoms with Crippen molar-refractivity contribution in [3.63, 3.8) is 0 Å². The summed E-state index contributed by atoms with van der Waals surface area (Å²) >= 11 is 0. The molecule has 0 spiro atoms. The second-order valence-electron chi connectivity index (χ2n) is 7.04. The average molecular weight is 435 g/mol. The number of carbonyl (C=O) groups is 2. The molecule has 0 aromatic rings. The Bertz CT molecular complexity index is 463. The van der Waals surface area contributed by atoms with Crippen LogP contribution >= 0.6 is 0 Å². The Morgan fingerprint density at radius 2 is 1.86 bits per heavy atom. The summed E-state index contributed by atoms with van der Waals surface area (Å²) in [5, 5.41) is 2.91. The van der Waals surface area contributed by atoms with Crippen molar-refractivity contribution in [2.75, 3.05) is 54.2 Å². The lowest BCUT2D eigenvalue weighted by atomic mass is 10.2. The van der Waals surface area contributed by atoms with Crippen molar-refractivity contribution in [2.45, 2.75) is 57.6 Å². The van der Waals surface area contributed by atoms with Gasteiger partial charge in [0.15, 0.2) is 0 Å². The van der Waals surface area contributed by atoms with E-state index in [1.54, 1.807) is 26.2 Å². The molecule has 170 valence electrons. The molecule has 1 aliphatic rings. The first-order valence-corrected chi connectivity index (χ1v) is 12.4. The zero-order valence-electron chi connectivity index (χ0n) is 18.4. The highest BCUT2D eigenvalue weighted by atomic mass is 28.4. The van der Waals surface area contributed by atoms with Crippen molar-refractivity contribution in [1.29, 1.82) is 0 Å². The minimum Gasteiger partial charge on any atom is -0.463 e. The second kappa shape index (κ2) is 14.7. The average Bonchev–Trinajstić information content (AvgIpc) is 3.26. The van der Waals surface area contributed by atoms with E-state index in [1.807, 2.05) is 0 Å². The Labute approximate surface area is 175 Å². The highest BCUT2D eigenvalue weighted by molar-refractivity contribution is 6.60. The van der Waals surface area contributed by atoms with Gasteiger partial charge in [0.1, 0.15) is 6.61 Å². The van der Waals surface area contributed by atoms with E-state index < -0.39 is 8.80 Å². The van der Waals surface area contributed by atoms with Crippen LogP contribution in [-0.4, -0.2) is 86.0 Å². The van der Waals surface area contributed by atoms with Crippen LogP contribution in [-0.2, 0) is 27.5 Å². The number of hydrogen-bond donors (Lipinski definition) is 1. The number of ether oxygens (including phenoxy) is 2. The number of nitrogens with zero attached hydrogens (tertiary/aromatic N) is 1. The molecule has 0 bridgehead atoms. The number of nitrogens with one attached hydrogen (secondary N) is 1. The molecular weight excluding hydrogens is 396 g/mol. The van der Waals surface area contributed by atoms with E-state index in [0.717, 1.165) is 32.3 Å². The van der Waals surface area contributed by atoms with Gasteiger partial charge in [-0.05, 0) is 25.7 Å². The summed E-state index contributed by atoms with van der Waals surface area (Å²) in [6.45, 7) is 4.46. The predicted molar refractivity (Wildman–Crippen MR) is 111 cm³/mol. The minimum absolute atomic E-state index is 0.00242. The molecule has 1 atom stereocenters. The number of urea groups is 1. The van der Waals surface area contributed by atoms with E-state index in [1.165, 1.54) is 0 Å². The van der Waals surface area contributed by atoms with Crippen LogP contribution in [0.3, 0.4) is 0 Å². The van der Waals surface area contributed by atoms with Crippen molar-refractivity contribution < 1.29 is 32.3 Å². The Morgan fingerprint density at radius 1 is 1.14 bits per heavy atom. The van der Waals surface area contributed by atoms with Gasteiger partial charge >= 0.3 is 20.8 Å². The Kier molecular flexibility index (Phi) is 13.1. The maximum atomic E-state index is 12.5. The fraction of sp³-hybridized carbons (Fsp3) is 0.895. The molecule has 1 N–H and O–H groups in total. The van der Waals surface area contributed by atoms with Gasteiger partial charge in [-0.25, -0.2) is 4.79 Å². The van der Waals surface area contributed by atoms with E-state index in [2.05, 4.69) is 12.2 Å². The van der Waals surface area contributed by atoms with Gasteiger partial charge in [0.25, 0.3) is 0 Å². The molecule has 1 unspecified atom stereocenters. The van der Waals surface area contributed by atoms with Crippen LogP contribution in [0.2, 0.25) is 6.04 Å². The molecule has 1 rings (SSSR count). The third kappa shape index (κ3) is 9.90. The first kappa shape index (κ1) is 25.8. The molecule has 0 aromatic carbocycles. The summed E-state index contributed by atoms with van der Waals surface area (Å²) < 4.78 is 27.0. The number of rotatable bonds is 15. The van der Waals surface area contributed by atoms with Gasteiger partial charge in [-0.15, -0.1) is 0 Å². The van der Waals surface area contributed by atoms with Crippen LogP contribution in [0.1, 0.15) is 45.4 Å². The predicted octanol–water partition coefficient (Wildman–Crippen LogP) is 2.18. The lowest BCUT2D eigenvalue weighted by Crippen LogP contribution is -2.45. The first-order valence-electron chi connectivity index (χ1n) is 10.5. The fourth-order valence-electron chi connectivity index (χ4n) is 3.10. The summed E-state index contributed by atoms with van der Waals surface area (Å²) in [6.07, 6.45) is 4.63. The normalized spacial score (nSPS) is 16.6. The first-order chi connectivity index (χ1) is 14.0. The smallest absolute Gasteiger partial charge is 0.463 e. The third-order valence-electron chi connectivity index (χ3n) is 4.98. The van der Waals surface area contributed by atoms with E-state index in [9.17, 15) is 9.59 Å². The van der Waals surface area contributed by atoms with Crippen molar-refractivity contribution in [2.24, 2.45) is 0 Å². The highest BCUT2D eigenvalue weighted by Crippen LogP contribution is 2.16. The topological polar surface area (TPSA) is 95.6 Å². The number of unbranched alkanes of at least 4 members (excludes halogenated alkanes) is 1. The lowest BCUT2D eigenvalue weighted by molar-refractivity contribution is -0.147. The second-order valence-corrected chi connectivity index (χ2v) is 10.1. The van der Waals surface area contributed by atoms with Crippen LogP contribution in [0.4, 0.5) is 4.79 Å². The number of esters is 1. The lowest BCUT2D eigenvalue weighted by Gasteiger charge is -2.27. The van der Waals surface area contributed by atoms with Crippen molar-refractivity contribution in [3.8, 4) is 0 Å². The molecule has 0 radical (unpaired) electrons. The molecule has 0 aliphatic carbocycles.